The maximum atomic E-state index is 4.69. The molecule has 0 amide bonds. The minimum absolute atomic E-state index is 0.241. The molecule has 0 aromatic rings. The lowest BCUT2D eigenvalue weighted by molar-refractivity contribution is 0.304. The van der Waals surface area contributed by atoms with Gasteiger partial charge in [-0.15, -0.1) is 0 Å². The molecule has 0 radical (unpaired) electrons. The summed E-state index contributed by atoms with van der Waals surface area (Å²) in [4.78, 5) is 0. The SMILES string of the molecule is CCCC(C)C(C)C1CC1C(C)(C)S. The van der Waals surface area contributed by atoms with Crippen molar-refractivity contribution in [3.8, 4) is 0 Å². The first-order valence-corrected chi connectivity index (χ1v) is 6.55. The molecule has 0 saturated heterocycles. The molecular weight excluding hydrogens is 188 g/mol. The second-order valence-corrected chi connectivity index (χ2v) is 6.94. The minimum atomic E-state index is 0.241. The number of hydrogen-bond donors (Lipinski definition) is 1. The van der Waals surface area contributed by atoms with Gasteiger partial charge in [0.2, 0.25) is 0 Å². The number of rotatable bonds is 5. The Kier molecular flexibility index (Phi) is 3.96. The van der Waals surface area contributed by atoms with E-state index in [0.29, 0.717) is 0 Å². The predicted octanol–water partition coefficient (Wildman–Crippen LogP) is 4.40. The van der Waals surface area contributed by atoms with E-state index in [-0.39, 0.29) is 4.75 Å². The van der Waals surface area contributed by atoms with Crippen LogP contribution in [0.3, 0.4) is 0 Å². The highest BCUT2D eigenvalue weighted by atomic mass is 32.1. The fraction of sp³-hybridized carbons (Fsp3) is 1.00. The van der Waals surface area contributed by atoms with Gasteiger partial charge in [0.25, 0.3) is 0 Å². The highest BCUT2D eigenvalue weighted by molar-refractivity contribution is 7.81. The maximum absolute atomic E-state index is 4.69. The van der Waals surface area contributed by atoms with Gasteiger partial charge in [-0.05, 0) is 30.1 Å². The van der Waals surface area contributed by atoms with E-state index in [1.54, 1.807) is 0 Å². The van der Waals surface area contributed by atoms with Crippen molar-refractivity contribution in [2.75, 3.05) is 0 Å². The van der Waals surface area contributed by atoms with Crippen LogP contribution in [0.15, 0.2) is 0 Å². The highest BCUT2D eigenvalue weighted by Crippen LogP contribution is 2.54. The molecule has 4 unspecified atom stereocenters. The van der Waals surface area contributed by atoms with Crippen molar-refractivity contribution in [1.29, 1.82) is 0 Å². The quantitative estimate of drug-likeness (QED) is 0.644. The summed E-state index contributed by atoms with van der Waals surface area (Å²) in [6.07, 6.45) is 4.12. The molecule has 0 aromatic heterocycles. The summed E-state index contributed by atoms with van der Waals surface area (Å²) < 4.78 is 0.241. The van der Waals surface area contributed by atoms with Gasteiger partial charge < -0.3 is 0 Å². The predicted molar refractivity (Wildman–Crippen MR) is 67.9 cm³/mol. The molecule has 1 fully saturated rings. The molecule has 0 aromatic carbocycles. The summed E-state index contributed by atoms with van der Waals surface area (Å²) in [5, 5.41) is 0. The van der Waals surface area contributed by atoms with Crippen molar-refractivity contribution < 1.29 is 0 Å². The third-order valence-electron chi connectivity index (χ3n) is 4.06. The first-order valence-electron chi connectivity index (χ1n) is 6.10. The van der Waals surface area contributed by atoms with Crippen LogP contribution >= 0.6 is 12.6 Å². The van der Waals surface area contributed by atoms with Gasteiger partial charge in [-0.25, -0.2) is 0 Å². The molecule has 0 heterocycles. The van der Waals surface area contributed by atoms with Crippen LogP contribution in [0.2, 0.25) is 0 Å². The van der Waals surface area contributed by atoms with Crippen LogP contribution < -0.4 is 0 Å². The topological polar surface area (TPSA) is 0 Å². The Morgan fingerprint density at radius 2 is 1.93 bits per heavy atom. The minimum Gasteiger partial charge on any atom is -0.173 e. The van der Waals surface area contributed by atoms with Gasteiger partial charge in [-0.3, -0.25) is 0 Å². The van der Waals surface area contributed by atoms with Gasteiger partial charge in [-0.1, -0.05) is 47.5 Å². The van der Waals surface area contributed by atoms with E-state index in [4.69, 9.17) is 0 Å². The Bertz CT molecular complexity index is 180. The lowest BCUT2D eigenvalue weighted by Crippen LogP contribution is -2.19. The summed E-state index contributed by atoms with van der Waals surface area (Å²) >= 11 is 4.69. The summed E-state index contributed by atoms with van der Waals surface area (Å²) in [7, 11) is 0. The summed E-state index contributed by atoms with van der Waals surface area (Å²) in [6.45, 7) is 11.7. The standard InChI is InChI=1S/C13H26S/c1-6-7-9(2)10(3)11-8-12(11)13(4,5)14/h9-12,14H,6-8H2,1-5H3. The second-order valence-electron chi connectivity index (χ2n) is 5.78. The lowest BCUT2D eigenvalue weighted by atomic mass is 9.86. The molecule has 4 atom stereocenters. The van der Waals surface area contributed by atoms with Crippen molar-refractivity contribution in [3.63, 3.8) is 0 Å². The molecule has 1 aliphatic carbocycles. The smallest absolute Gasteiger partial charge is 0.0104 e. The van der Waals surface area contributed by atoms with E-state index in [1.807, 2.05) is 0 Å². The van der Waals surface area contributed by atoms with Crippen molar-refractivity contribution in [2.24, 2.45) is 23.7 Å². The highest BCUT2D eigenvalue weighted by Gasteiger charge is 2.48. The van der Waals surface area contributed by atoms with Crippen LogP contribution in [0, 0.1) is 23.7 Å². The van der Waals surface area contributed by atoms with Crippen molar-refractivity contribution >= 4 is 12.6 Å². The Morgan fingerprint density at radius 1 is 1.36 bits per heavy atom. The zero-order valence-electron chi connectivity index (χ0n) is 10.4. The summed E-state index contributed by atoms with van der Waals surface area (Å²) in [5.41, 5.74) is 0. The number of thiol groups is 1. The second kappa shape index (κ2) is 4.47. The molecular formula is C13H26S. The van der Waals surface area contributed by atoms with Crippen LogP contribution in [0.4, 0.5) is 0 Å². The van der Waals surface area contributed by atoms with Crippen LogP contribution in [-0.2, 0) is 0 Å². The van der Waals surface area contributed by atoms with E-state index < -0.39 is 0 Å². The average Bonchev–Trinajstić information content (AvgIpc) is 2.80. The Balaban J connectivity index is 2.39. The fourth-order valence-electron chi connectivity index (χ4n) is 2.75. The molecule has 0 spiro atoms. The van der Waals surface area contributed by atoms with E-state index in [2.05, 4.69) is 47.2 Å². The van der Waals surface area contributed by atoms with Crippen LogP contribution in [-0.4, -0.2) is 4.75 Å². The molecule has 14 heavy (non-hydrogen) atoms. The van der Waals surface area contributed by atoms with Gasteiger partial charge in [-0.2, -0.15) is 12.6 Å². The zero-order chi connectivity index (χ0) is 10.9. The fourth-order valence-corrected chi connectivity index (χ4v) is 3.05. The average molecular weight is 214 g/mol. The molecule has 0 N–H and O–H groups in total. The lowest BCUT2D eigenvalue weighted by Gasteiger charge is -2.23. The normalized spacial score (nSPS) is 31.3. The van der Waals surface area contributed by atoms with Crippen molar-refractivity contribution in [1.82, 2.24) is 0 Å². The third kappa shape index (κ3) is 2.92. The van der Waals surface area contributed by atoms with Crippen molar-refractivity contribution in [3.05, 3.63) is 0 Å². The van der Waals surface area contributed by atoms with E-state index >= 15 is 0 Å². The first kappa shape index (κ1) is 12.4. The van der Waals surface area contributed by atoms with Gasteiger partial charge >= 0.3 is 0 Å². The number of hydrogen-bond acceptors (Lipinski definition) is 1. The molecule has 0 nitrogen and oxygen atoms in total. The zero-order valence-corrected chi connectivity index (χ0v) is 11.3. The van der Waals surface area contributed by atoms with Crippen LogP contribution in [0.1, 0.15) is 53.9 Å². The van der Waals surface area contributed by atoms with E-state index in [9.17, 15) is 0 Å². The first-order chi connectivity index (χ1) is 6.38. The van der Waals surface area contributed by atoms with Gasteiger partial charge in [0.1, 0.15) is 0 Å². The van der Waals surface area contributed by atoms with Gasteiger partial charge in [0, 0.05) is 4.75 Å². The summed E-state index contributed by atoms with van der Waals surface area (Å²) in [6, 6.07) is 0. The molecule has 0 aliphatic heterocycles. The maximum Gasteiger partial charge on any atom is 0.0104 e. The molecule has 1 heteroatoms. The largest absolute Gasteiger partial charge is 0.173 e. The molecule has 0 bridgehead atoms. The molecule has 1 rings (SSSR count). The van der Waals surface area contributed by atoms with Gasteiger partial charge in [0.05, 0.1) is 0 Å². The third-order valence-corrected chi connectivity index (χ3v) is 4.40. The van der Waals surface area contributed by atoms with Gasteiger partial charge in [0.15, 0.2) is 0 Å². The Labute approximate surface area is 95.3 Å². The van der Waals surface area contributed by atoms with E-state index in [1.165, 1.54) is 19.3 Å². The van der Waals surface area contributed by atoms with Crippen LogP contribution in [0.25, 0.3) is 0 Å². The molecule has 1 aliphatic rings. The monoisotopic (exact) mass is 214 g/mol. The molecule has 1 saturated carbocycles. The molecule has 84 valence electrons. The van der Waals surface area contributed by atoms with E-state index in [0.717, 1.165) is 23.7 Å². The summed E-state index contributed by atoms with van der Waals surface area (Å²) in [5.74, 6) is 3.60. The van der Waals surface area contributed by atoms with Crippen molar-refractivity contribution in [2.45, 2.75) is 58.6 Å². The Morgan fingerprint density at radius 3 is 2.29 bits per heavy atom. The Hall–Kier alpha value is 0.350. The van der Waals surface area contributed by atoms with Crippen LogP contribution in [0.5, 0.6) is 0 Å².